The summed E-state index contributed by atoms with van der Waals surface area (Å²) in [5.74, 6) is -1.76. The number of nitrogens with zero attached hydrogens (tertiary/aromatic N) is 3. The van der Waals surface area contributed by atoms with Gasteiger partial charge in [-0.3, -0.25) is 14.8 Å². The standard InChI is InChI=1S/C22H19F2N3O2/c1-22(2,29)20-6-5-13(10-26-20)14-8-17(23)16(18(24)9-14)11-27-12-19-15(21(27)28)4-3-7-25-19/h3-10,29H,11-12H2,1-2H3. The van der Waals surface area contributed by atoms with Crippen LogP contribution in [0, 0.1) is 11.6 Å². The van der Waals surface area contributed by atoms with Gasteiger partial charge in [-0.05, 0) is 49.7 Å². The Hall–Kier alpha value is -3.19. The molecule has 0 atom stereocenters. The van der Waals surface area contributed by atoms with Crippen LogP contribution in [-0.4, -0.2) is 25.9 Å². The van der Waals surface area contributed by atoms with E-state index < -0.39 is 17.2 Å². The van der Waals surface area contributed by atoms with Gasteiger partial charge >= 0.3 is 0 Å². The Morgan fingerprint density at radius 2 is 1.83 bits per heavy atom. The first kappa shape index (κ1) is 19.1. The first-order valence-corrected chi connectivity index (χ1v) is 9.14. The van der Waals surface area contributed by atoms with Crippen molar-refractivity contribution >= 4 is 5.91 Å². The summed E-state index contributed by atoms with van der Waals surface area (Å²) in [5.41, 5.74) is 1.10. The van der Waals surface area contributed by atoms with E-state index in [1.807, 2.05) is 0 Å². The minimum absolute atomic E-state index is 0.170. The van der Waals surface area contributed by atoms with Gasteiger partial charge in [0.2, 0.25) is 0 Å². The highest BCUT2D eigenvalue weighted by molar-refractivity contribution is 5.97. The van der Waals surface area contributed by atoms with Crippen LogP contribution in [0.1, 0.15) is 41.2 Å². The van der Waals surface area contributed by atoms with Crippen molar-refractivity contribution in [2.45, 2.75) is 32.5 Å². The molecule has 3 aromatic rings. The average Bonchev–Trinajstić information content (AvgIpc) is 3.00. The molecule has 4 rings (SSSR count). The quantitative estimate of drug-likeness (QED) is 0.730. The van der Waals surface area contributed by atoms with Gasteiger partial charge in [0.15, 0.2) is 0 Å². The van der Waals surface area contributed by atoms with Gasteiger partial charge in [-0.25, -0.2) is 8.78 Å². The summed E-state index contributed by atoms with van der Waals surface area (Å²) >= 11 is 0. The molecular weight excluding hydrogens is 376 g/mol. The topological polar surface area (TPSA) is 66.3 Å². The molecule has 1 aliphatic heterocycles. The molecule has 0 saturated carbocycles. The number of rotatable bonds is 4. The number of hydrogen-bond donors (Lipinski definition) is 1. The lowest BCUT2D eigenvalue weighted by Gasteiger charge is -2.18. The molecule has 2 aromatic heterocycles. The largest absolute Gasteiger partial charge is 0.384 e. The Morgan fingerprint density at radius 3 is 2.41 bits per heavy atom. The van der Waals surface area contributed by atoms with E-state index in [0.717, 1.165) is 0 Å². The maximum absolute atomic E-state index is 14.7. The molecule has 148 valence electrons. The van der Waals surface area contributed by atoms with Crippen LogP contribution in [-0.2, 0) is 18.7 Å². The fourth-order valence-corrected chi connectivity index (χ4v) is 3.35. The first-order valence-electron chi connectivity index (χ1n) is 9.14. The smallest absolute Gasteiger partial charge is 0.256 e. The molecule has 0 bridgehead atoms. The van der Waals surface area contributed by atoms with E-state index in [1.165, 1.54) is 23.2 Å². The van der Waals surface area contributed by atoms with Crippen molar-refractivity contribution in [3.63, 3.8) is 0 Å². The lowest BCUT2D eigenvalue weighted by Crippen LogP contribution is -2.24. The molecule has 1 amide bonds. The molecule has 0 fully saturated rings. The van der Waals surface area contributed by atoms with Crippen molar-refractivity contribution in [2.75, 3.05) is 0 Å². The first-order chi connectivity index (χ1) is 13.7. The van der Waals surface area contributed by atoms with Crippen molar-refractivity contribution < 1.29 is 18.7 Å². The average molecular weight is 395 g/mol. The number of carbonyl (C=O) groups excluding carboxylic acids is 1. The number of amides is 1. The molecular formula is C22H19F2N3O2. The van der Waals surface area contributed by atoms with Crippen LogP contribution in [0.5, 0.6) is 0 Å². The predicted octanol–water partition coefficient (Wildman–Crippen LogP) is 3.81. The number of halogens is 2. The zero-order chi connectivity index (χ0) is 20.8. The Balaban J connectivity index is 1.59. The third-order valence-electron chi connectivity index (χ3n) is 4.96. The summed E-state index contributed by atoms with van der Waals surface area (Å²) < 4.78 is 29.4. The van der Waals surface area contributed by atoms with Crippen LogP contribution < -0.4 is 0 Å². The zero-order valence-electron chi connectivity index (χ0n) is 16.0. The Kier molecular flexibility index (Phi) is 4.62. The summed E-state index contributed by atoms with van der Waals surface area (Å²) in [5, 5.41) is 9.98. The van der Waals surface area contributed by atoms with Crippen molar-refractivity contribution in [2.24, 2.45) is 0 Å². The maximum Gasteiger partial charge on any atom is 0.256 e. The summed E-state index contributed by atoms with van der Waals surface area (Å²) in [7, 11) is 0. The maximum atomic E-state index is 14.7. The van der Waals surface area contributed by atoms with Crippen LogP contribution in [0.4, 0.5) is 8.78 Å². The minimum Gasteiger partial charge on any atom is -0.384 e. The van der Waals surface area contributed by atoms with E-state index in [4.69, 9.17) is 0 Å². The fraction of sp³-hybridized carbons (Fsp3) is 0.227. The molecule has 0 spiro atoms. The molecule has 7 heteroatoms. The van der Waals surface area contributed by atoms with E-state index in [2.05, 4.69) is 9.97 Å². The second-order valence-corrected chi connectivity index (χ2v) is 7.57. The van der Waals surface area contributed by atoms with E-state index in [1.54, 1.807) is 44.3 Å². The normalized spacial score (nSPS) is 13.7. The van der Waals surface area contributed by atoms with Gasteiger partial charge in [-0.15, -0.1) is 0 Å². The molecule has 1 N–H and O–H groups in total. The Morgan fingerprint density at radius 1 is 1.10 bits per heavy atom. The highest BCUT2D eigenvalue weighted by Gasteiger charge is 2.29. The molecule has 0 radical (unpaired) electrons. The van der Waals surface area contributed by atoms with Crippen LogP contribution in [0.2, 0.25) is 0 Å². The van der Waals surface area contributed by atoms with Gasteiger partial charge in [0, 0.05) is 23.5 Å². The van der Waals surface area contributed by atoms with Gasteiger partial charge in [0.1, 0.15) is 17.2 Å². The molecule has 1 aromatic carbocycles. The van der Waals surface area contributed by atoms with E-state index in [0.29, 0.717) is 28.1 Å². The van der Waals surface area contributed by atoms with Crippen molar-refractivity contribution in [3.8, 4) is 11.1 Å². The van der Waals surface area contributed by atoms with Gasteiger partial charge in [-0.2, -0.15) is 0 Å². The molecule has 0 unspecified atom stereocenters. The van der Waals surface area contributed by atoms with Gasteiger partial charge < -0.3 is 10.0 Å². The Bertz CT molecular complexity index is 1070. The van der Waals surface area contributed by atoms with E-state index in [9.17, 15) is 18.7 Å². The van der Waals surface area contributed by atoms with Crippen LogP contribution in [0.25, 0.3) is 11.1 Å². The summed E-state index contributed by atoms with van der Waals surface area (Å²) in [4.78, 5) is 22.1. The number of benzene rings is 1. The second-order valence-electron chi connectivity index (χ2n) is 7.57. The summed E-state index contributed by atoms with van der Waals surface area (Å²) in [6, 6.07) is 9.04. The number of hydrogen-bond acceptors (Lipinski definition) is 4. The van der Waals surface area contributed by atoms with Crippen molar-refractivity contribution in [1.29, 1.82) is 0 Å². The van der Waals surface area contributed by atoms with Crippen molar-refractivity contribution in [3.05, 3.63) is 82.9 Å². The van der Waals surface area contributed by atoms with Gasteiger partial charge in [0.25, 0.3) is 5.91 Å². The third-order valence-corrected chi connectivity index (χ3v) is 4.96. The lowest BCUT2D eigenvalue weighted by atomic mass is 10.0. The van der Waals surface area contributed by atoms with Crippen molar-refractivity contribution in [1.82, 2.24) is 14.9 Å². The minimum atomic E-state index is -1.10. The van der Waals surface area contributed by atoms with Crippen LogP contribution >= 0.6 is 0 Å². The molecule has 3 heterocycles. The highest BCUT2D eigenvalue weighted by Crippen LogP contribution is 2.29. The molecule has 0 aliphatic carbocycles. The fourth-order valence-electron chi connectivity index (χ4n) is 3.35. The number of pyridine rings is 2. The number of aromatic nitrogens is 2. The molecule has 29 heavy (non-hydrogen) atoms. The SMILES string of the molecule is CC(C)(O)c1ccc(-c2cc(F)c(CN3Cc4ncccc4C3=O)c(F)c2)cn1. The van der Waals surface area contributed by atoms with Crippen LogP contribution in [0.15, 0.2) is 48.8 Å². The van der Waals surface area contributed by atoms with E-state index >= 15 is 0 Å². The predicted molar refractivity (Wildman–Crippen MR) is 103 cm³/mol. The van der Waals surface area contributed by atoms with Gasteiger partial charge in [-0.1, -0.05) is 6.07 Å². The lowest BCUT2D eigenvalue weighted by molar-refractivity contribution is 0.0737. The summed E-state index contributed by atoms with van der Waals surface area (Å²) in [6.07, 6.45) is 3.05. The summed E-state index contributed by atoms with van der Waals surface area (Å²) in [6.45, 7) is 3.26. The second kappa shape index (κ2) is 7.00. The third kappa shape index (κ3) is 3.61. The number of carbonyl (C=O) groups is 1. The van der Waals surface area contributed by atoms with Crippen LogP contribution in [0.3, 0.4) is 0 Å². The van der Waals surface area contributed by atoms with Gasteiger partial charge in [0.05, 0.1) is 30.0 Å². The monoisotopic (exact) mass is 395 g/mol. The zero-order valence-corrected chi connectivity index (χ0v) is 16.0. The van der Waals surface area contributed by atoms with E-state index in [-0.39, 0.29) is 24.6 Å². The molecule has 1 aliphatic rings. The Labute approximate surface area is 166 Å². The molecule has 0 saturated heterocycles. The molecule has 5 nitrogen and oxygen atoms in total. The highest BCUT2D eigenvalue weighted by atomic mass is 19.1. The number of fused-ring (bicyclic) bond motifs is 1. The number of aliphatic hydroxyl groups is 1.